The first kappa shape index (κ1) is 15.3. The van der Waals surface area contributed by atoms with E-state index in [0.29, 0.717) is 6.04 Å². The first-order chi connectivity index (χ1) is 9.54. The lowest BCUT2D eigenvalue weighted by Gasteiger charge is -2.16. The maximum Gasteiger partial charge on any atom is 0.0306 e. The largest absolute Gasteiger partial charge is 0.349 e. The van der Waals surface area contributed by atoms with Crippen LogP contribution in [-0.4, -0.2) is 4.57 Å². The lowest BCUT2D eigenvalue weighted by Crippen LogP contribution is -2.18. The van der Waals surface area contributed by atoms with Crippen LogP contribution in [0.1, 0.15) is 42.4 Å². The summed E-state index contributed by atoms with van der Waals surface area (Å²) >= 11 is 3.62. The van der Waals surface area contributed by atoms with Gasteiger partial charge in [-0.3, -0.25) is 0 Å². The molecule has 0 spiro atoms. The number of nitrogens with one attached hydrogen (secondary N) is 1. The highest BCUT2D eigenvalue weighted by atomic mass is 79.9. The van der Waals surface area contributed by atoms with Crippen molar-refractivity contribution in [2.45, 2.75) is 46.8 Å². The Labute approximate surface area is 130 Å². The van der Waals surface area contributed by atoms with Gasteiger partial charge in [0.15, 0.2) is 0 Å². The first-order valence-corrected chi connectivity index (χ1v) is 7.97. The molecule has 1 atom stereocenters. The molecule has 1 N–H and O–H groups in total. The predicted octanol–water partition coefficient (Wildman–Crippen LogP) is 4.74. The van der Waals surface area contributed by atoms with Crippen LogP contribution in [0.15, 0.2) is 34.8 Å². The second kappa shape index (κ2) is 6.59. The van der Waals surface area contributed by atoms with Crippen LogP contribution in [-0.2, 0) is 13.1 Å². The zero-order valence-electron chi connectivity index (χ0n) is 12.7. The van der Waals surface area contributed by atoms with Gasteiger partial charge in [0.1, 0.15) is 0 Å². The monoisotopic (exact) mass is 334 g/mol. The fourth-order valence-corrected chi connectivity index (χ4v) is 3.37. The average molecular weight is 335 g/mol. The molecule has 0 aliphatic carbocycles. The Hall–Kier alpha value is -1.06. The molecule has 1 aromatic heterocycles. The van der Waals surface area contributed by atoms with Crippen molar-refractivity contribution in [3.8, 4) is 0 Å². The average Bonchev–Trinajstić information content (AvgIpc) is 2.70. The smallest absolute Gasteiger partial charge is 0.0306 e. The molecule has 0 saturated heterocycles. The van der Waals surface area contributed by atoms with Crippen molar-refractivity contribution >= 4 is 15.9 Å². The molecule has 0 radical (unpaired) electrons. The Morgan fingerprint density at radius 2 is 1.95 bits per heavy atom. The standard InChI is InChI=1S/C17H23BrN2/c1-5-20-12(2)10-15(14(20)4)11-19-13(3)16-8-6-7-9-17(16)18/h6-10,13,19H,5,11H2,1-4H3/t13-/m0/s1. The number of benzene rings is 1. The second-order valence-electron chi connectivity index (χ2n) is 5.26. The lowest BCUT2D eigenvalue weighted by molar-refractivity contribution is 0.570. The van der Waals surface area contributed by atoms with E-state index in [1.54, 1.807) is 0 Å². The Bertz CT molecular complexity index is 587. The summed E-state index contributed by atoms with van der Waals surface area (Å²) in [5.74, 6) is 0. The summed E-state index contributed by atoms with van der Waals surface area (Å²) in [5.41, 5.74) is 5.41. The number of aryl methyl sites for hydroxylation is 1. The van der Waals surface area contributed by atoms with Crippen LogP contribution in [0.2, 0.25) is 0 Å². The Balaban J connectivity index is 2.08. The third kappa shape index (κ3) is 3.15. The molecule has 3 heteroatoms. The van der Waals surface area contributed by atoms with Crippen LogP contribution in [0, 0.1) is 13.8 Å². The number of hydrogen-bond acceptors (Lipinski definition) is 1. The molecule has 108 valence electrons. The van der Waals surface area contributed by atoms with Gasteiger partial charge in [-0.05, 0) is 51.0 Å². The van der Waals surface area contributed by atoms with Gasteiger partial charge >= 0.3 is 0 Å². The SMILES string of the molecule is CCn1c(C)cc(CN[C@@H](C)c2ccccc2Br)c1C. The second-order valence-corrected chi connectivity index (χ2v) is 6.12. The summed E-state index contributed by atoms with van der Waals surface area (Å²) in [6, 6.07) is 11.0. The van der Waals surface area contributed by atoms with Crippen LogP contribution in [0.5, 0.6) is 0 Å². The Kier molecular flexibility index (Phi) is 5.06. The van der Waals surface area contributed by atoms with Gasteiger partial charge < -0.3 is 9.88 Å². The first-order valence-electron chi connectivity index (χ1n) is 7.18. The minimum atomic E-state index is 0.329. The topological polar surface area (TPSA) is 17.0 Å². The maximum atomic E-state index is 3.62. The Morgan fingerprint density at radius 3 is 2.55 bits per heavy atom. The number of aromatic nitrogens is 1. The third-order valence-corrected chi connectivity index (χ3v) is 4.69. The van der Waals surface area contributed by atoms with E-state index in [1.807, 2.05) is 0 Å². The minimum Gasteiger partial charge on any atom is -0.349 e. The Morgan fingerprint density at radius 1 is 1.25 bits per heavy atom. The normalized spacial score (nSPS) is 12.7. The van der Waals surface area contributed by atoms with Crippen LogP contribution in [0.25, 0.3) is 0 Å². The van der Waals surface area contributed by atoms with Gasteiger partial charge in [-0.15, -0.1) is 0 Å². The number of hydrogen-bond donors (Lipinski definition) is 1. The molecule has 0 bridgehead atoms. The van der Waals surface area contributed by atoms with E-state index in [9.17, 15) is 0 Å². The van der Waals surface area contributed by atoms with Gasteiger partial charge in [0.05, 0.1) is 0 Å². The van der Waals surface area contributed by atoms with E-state index >= 15 is 0 Å². The molecular weight excluding hydrogens is 312 g/mol. The highest BCUT2D eigenvalue weighted by Gasteiger charge is 2.11. The molecule has 0 aliphatic rings. The molecule has 2 nitrogen and oxygen atoms in total. The molecule has 1 aromatic carbocycles. The predicted molar refractivity (Wildman–Crippen MR) is 89.0 cm³/mol. The van der Waals surface area contributed by atoms with Crippen LogP contribution in [0.4, 0.5) is 0 Å². The van der Waals surface area contributed by atoms with E-state index < -0.39 is 0 Å². The molecule has 2 rings (SSSR count). The van der Waals surface area contributed by atoms with Crippen molar-refractivity contribution in [3.63, 3.8) is 0 Å². The van der Waals surface area contributed by atoms with Gasteiger partial charge in [-0.25, -0.2) is 0 Å². The molecule has 2 aromatic rings. The summed E-state index contributed by atoms with van der Waals surface area (Å²) in [6.45, 7) is 10.7. The van der Waals surface area contributed by atoms with Gasteiger partial charge in [0.25, 0.3) is 0 Å². The fraction of sp³-hybridized carbons (Fsp3) is 0.412. The molecule has 20 heavy (non-hydrogen) atoms. The zero-order chi connectivity index (χ0) is 14.7. The summed E-state index contributed by atoms with van der Waals surface area (Å²) in [6.07, 6.45) is 0. The van der Waals surface area contributed by atoms with Gasteiger partial charge in [0.2, 0.25) is 0 Å². The summed E-state index contributed by atoms with van der Waals surface area (Å²) in [4.78, 5) is 0. The number of halogens is 1. The van der Waals surface area contributed by atoms with Crippen molar-refractivity contribution in [2.75, 3.05) is 0 Å². The van der Waals surface area contributed by atoms with E-state index in [2.05, 4.69) is 83.8 Å². The van der Waals surface area contributed by atoms with Crippen LogP contribution < -0.4 is 5.32 Å². The van der Waals surface area contributed by atoms with Gasteiger partial charge in [-0.2, -0.15) is 0 Å². The van der Waals surface area contributed by atoms with E-state index in [-0.39, 0.29) is 0 Å². The highest BCUT2D eigenvalue weighted by Crippen LogP contribution is 2.23. The minimum absolute atomic E-state index is 0.329. The molecule has 1 heterocycles. The molecule has 0 unspecified atom stereocenters. The molecule has 0 fully saturated rings. The van der Waals surface area contributed by atoms with Crippen molar-refractivity contribution < 1.29 is 0 Å². The summed E-state index contributed by atoms with van der Waals surface area (Å²) in [5, 5.41) is 3.62. The maximum absolute atomic E-state index is 3.62. The number of rotatable bonds is 5. The van der Waals surface area contributed by atoms with Crippen molar-refractivity contribution in [2.24, 2.45) is 0 Å². The molecule has 0 saturated carbocycles. The zero-order valence-corrected chi connectivity index (χ0v) is 14.3. The molecule has 0 amide bonds. The fourth-order valence-electron chi connectivity index (χ4n) is 2.74. The van der Waals surface area contributed by atoms with Crippen molar-refractivity contribution in [1.82, 2.24) is 9.88 Å². The lowest BCUT2D eigenvalue weighted by atomic mass is 10.1. The van der Waals surface area contributed by atoms with Crippen molar-refractivity contribution in [1.29, 1.82) is 0 Å². The van der Waals surface area contributed by atoms with E-state index in [4.69, 9.17) is 0 Å². The third-order valence-electron chi connectivity index (χ3n) is 3.97. The number of nitrogens with zero attached hydrogens (tertiary/aromatic N) is 1. The molecule has 0 aliphatic heterocycles. The van der Waals surface area contributed by atoms with Gasteiger partial charge in [0, 0.05) is 35.0 Å². The summed E-state index contributed by atoms with van der Waals surface area (Å²) < 4.78 is 3.53. The quantitative estimate of drug-likeness (QED) is 0.835. The van der Waals surface area contributed by atoms with Crippen molar-refractivity contribution in [3.05, 3.63) is 57.3 Å². The molecular formula is C17H23BrN2. The van der Waals surface area contributed by atoms with Gasteiger partial charge in [-0.1, -0.05) is 34.1 Å². The van der Waals surface area contributed by atoms with E-state index in [0.717, 1.165) is 13.1 Å². The summed E-state index contributed by atoms with van der Waals surface area (Å²) in [7, 11) is 0. The van der Waals surface area contributed by atoms with Crippen LogP contribution >= 0.6 is 15.9 Å². The highest BCUT2D eigenvalue weighted by molar-refractivity contribution is 9.10. The van der Waals surface area contributed by atoms with Crippen LogP contribution in [0.3, 0.4) is 0 Å². The van der Waals surface area contributed by atoms with E-state index in [1.165, 1.54) is 27.0 Å².